The fourth-order valence-corrected chi connectivity index (χ4v) is 3.53. The van der Waals surface area contributed by atoms with Crippen molar-refractivity contribution in [2.45, 2.75) is 26.7 Å². The van der Waals surface area contributed by atoms with E-state index in [1.54, 1.807) is 30.5 Å². The maximum Gasteiger partial charge on any atom is 0.277 e. The number of benzene rings is 1. The third-order valence-electron chi connectivity index (χ3n) is 5.27. The molecule has 0 unspecified atom stereocenters. The Morgan fingerprint density at radius 2 is 2.21 bits per heavy atom. The fraction of sp³-hybridized carbons (Fsp3) is 0.421. The second-order valence-corrected chi connectivity index (χ2v) is 6.96. The lowest BCUT2D eigenvalue weighted by Crippen LogP contribution is -2.48. The summed E-state index contributed by atoms with van der Waals surface area (Å²) in [4.78, 5) is 11.8. The molecule has 2 bridgehead atoms. The van der Waals surface area contributed by atoms with Crippen molar-refractivity contribution in [3.63, 3.8) is 0 Å². The Morgan fingerprint density at radius 3 is 2.83 bits per heavy atom. The van der Waals surface area contributed by atoms with Crippen molar-refractivity contribution in [2.75, 3.05) is 6.61 Å². The number of allylic oxidation sites excluding steroid dienone is 2. The van der Waals surface area contributed by atoms with Crippen molar-refractivity contribution in [1.82, 2.24) is 5.43 Å². The van der Waals surface area contributed by atoms with Crippen LogP contribution in [0, 0.1) is 28.6 Å². The Labute approximate surface area is 142 Å². The van der Waals surface area contributed by atoms with E-state index in [9.17, 15) is 4.79 Å². The number of amides is 1. The van der Waals surface area contributed by atoms with E-state index < -0.39 is 0 Å². The third-order valence-corrected chi connectivity index (χ3v) is 5.27. The van der Waals surface area contributed by atoms with Crippen molar-refractivity contribution in [1.29, 1.82) is 5.26 Å². The molecule has 5 heteroatoms. The van der Waals surface area contributed by atoms with Gasteiger partial charge < -0.3 is 4.74 Å². The second-order valence-electron chi connectivity index (χ2n) is 6.96. The second kappa shape index (κ2) is 6.48. The van der Waals surface area contributed by atoms with Gasteiger partial charge in [0, 0.05) is 0 Å². The Balaban J connectivity index is 1.46. The van der Waals surface area contributed by atoms with Gasteiger partial charge in [-0.25, -0.2) is 5.43 Å². The molecular formula is C19H21N3O2. The summed E-state index contributed by atoms with van der Waals surface area (Å²) in [5.41, 5.74) is 4.62. The fourth-order valence-electron chi connectivity index (χ4n) is 3.53. The molecule has 24 heavy (non-hydrogen) atoms. The number of hydrogen-bond acceptors (Lipinski definition) is 4. The Morgan fingerprint density at radius 1 is 1.46 bits per heavy atom. The van der Waals surface area contributed by atoms with E-state index in [1.165, 1.54) is 12.0 Å². The predicted molar refractivity (Wildman–Crippen MR) is 91.4 cm³/mol. The van der Waals surface area contributed by atoms with E-state index in [4.69, 9.17) is 10.00 Å². The first kappa shape index (κ1) is 16.3. The van der Waals surface area contributed by atoms with E-state index in [2.05, 4.69) is 30.5 Å². The lowest BCUT2D eigenvalue weighted by Gasteiger charge is -2.55. The van der Waals surface area contributed by atoms with Gasteiger partial charge in [0.05, 0.1) is 17.8 Å². The highest BCUT2D eigenvalue weighted by Gasteiger charge is 2.50. The monoisotopic (exact) mass is 323 g/mol. The Kier molecular flexibility index (Phi) is 4.39. The molecule has 0 aromatic heterocycles. The normalized spacial score (nSPS) is 23.8. The summed E-state index contributed by atoms with van der Waals surface area (Å²) in [5.74, 6) is 1.57. The highest BCUT2D eigenvalue weighted by molar-refractivity contribution is 5.83. The van der Waals surface area contributed by atoms with E-state index in [0.29, 0.717) is 22.6 Å². The average Bonchev–Trinajstić information content (AvgIpc) is 2.60. The number of carbonyl (C=O) groups excluding carboxylic acids is 1. The molecule has 124 valence electrons. The minimum absolute atomic E-state index is 0.112. The van der Waals surface area contributed by atoms with Crippen molar-refractivity contribution in [3.05, 3.63) is 41.5 Å². The molecule has 1 amide bonds. The maximum absolute atomic E-state index is 11.8. The van der Waals surface area contributed by atoms with Gasteiger partial charge in [-0.3, -0.25) is 4.79 Å². The minimum atomic E-state index is -0.308. The van der Waals surface area contributed by atoms with Gasteiger partial charge in [0.25, 0.3) is 5.91 Å². The largest absolute Gasteiger partial charge is 0.484 e. The van der Waals surface area contributed by atoms with Crippen LogP contribution in [-0.2, 0) is 4.79 Å². The number of nitrogens with one attached hydrogen (secondary N) is 1. The molecule has 0 radical (unpaired) electrons. The summed E-state index contributed by atoms with van der Waals surface area (Å²) in [5, 5.41) is 12.8. The average molecular weight is 323 g/mol. The standard InChI is InChI=1S/C19H21N3O2/c1-19(2)15-6-5-14(17(19)9-15)11-21-22-18(23)12-24-16-7-3-13(10-20)4-8-16/h3-5,7-8,11,15,17H,6,9,12H2,1-2H3,(H,22,23)/b21-11-/t15-,17+/m1/s1. The zero-order valence-electron chi connectivity index (χ0n) is 14.0. The minimum Gasteiger partial charge on any atom is -0.484 e. The Bertz CT molecular complexity index is 726. The lowest BCUT2D eigenvalue weighted by molar-refractivity contribution is -0.123. The molecule has 2 atom stereocenters. The number of nitriles is 1. The first-order valence-corrected chi connectivity index (χ1v) is 8.15. The first-order chi connectivity index (χ1) is 11.5. The van der Waals surface area contributed by atoms with Gasteiger partial charge in [0.2, 0.25) is 0 Å². The Hall–Kier alpha value is -2.61. The van der Waals surface area contributed by atoms with E-state index in [1.807, 2.05) is 6.07 Å². The molecule has 5 nitrogen and oxygen atoms in total. The van der Waals surface area contributed by atoms with Crippen LogP contribution in [0.15, 0.2) is 41.0 Å². The van der Waals surface area contributed by atoms with Crippen molar-refractivity contribution in [3.8, 4) is 11.8 Å². The quantitative estimate of drug-likeness (QED) is 0.668. The van der Waals surface area contributed by atoms with Gasteiger partial charge >= 0.3 is 0 Å². The van der Waals surface area contributed by atoms with Crippen LogP contribution in [0.4, 0.5) is 0 Å². The molecule has 0 aliphatic heterocycles. The molecule has 1 fully saturated rings. The number of fused-ring (bicyclic) bond motifs is 1. The molecule has 3 aliphatic carbocycles. The van der Waals surface area contributed by atoms with Crippen LogP contribution in [0.5, 0.6) is 5.75 Å². The van der Waals surface area contributed by atoms with Crippen LogP contribution in [0.3, 0.4) is 0 Å². The molecule has 1 N–H and O–H groups in total. The van der Waals surface area contributed by atoms with E-state index >= 15 is 0 Å². The lowest BCUT2D eigenvalue weighted by atomic mass is 9.49. The summed E-state index contributed by atoms with van der Waals surface area (Å²) in [6, 6.07) is 8.65. The maximum atomic E-state index is 11.8. The highest BCUT2D eigenvalue weighted by atomic mass is 16.5. The molecule has 1 saturated carbocycles. The van der Waals surface area contributed by atoms with Gasteiger partial charge in [-0.1, -0.05) is 19.9 Å². The van der Waals surface area contributed by atoms with Crippen LogP contribution in [0.25, 0.3) is 0 Å². The SMILES string of the molecule is CC1(C)[C@@H]2CC=C(/C=N\NC(=O)COc3ccc(C#N)cc3)[C@@H]1C2. The van der Waals surface area contributed by atoms with Crippen molar-refractivity contribution in [2.24, 2.45) is 22.4 Å². The molecule has 1 aromatic rings. The summed E-state index contributed by atoms with van der Waals surface area (Å²) in [6.07, 6.45) is 6.32. The molecule has 0 heterocycles. The van der Waals surface area contributed by atoms with E-state index in [-0.39, 0.29) is 12.5 Å². The van der Waals surface area contributed by atoms with E-state index in [0.717, 1.165) is 12.3 Å². The molecule has 1 aromatic carbocycles. The number of hydrazone groups is 1. The number of carbonyl (C=O) groups is 1. The summed E-state index contributed by atoms with van der Waals surface area (Å²) in [6.45, 7) is 4.49. The number of hydrogen-bond donors (Lipinski definition) is 1. The number of ether oxygens (including phenoxy) is 1. The van der Waals surface area contributed by atoms with Crippen LogP contribution in [0.2, 0.25) is 0 Å². The van der Waals surface area contributed by atoms with Crippen LogP contribution in [-0.4, -0.2) is 18.7 Å². The highest BCUT2D eigenvalue weighted by Crippen LogP contribution is 2.58. The topological polar surface area (TPSA) is 74.5 Å². The zero-order valence-corrected chi connectivity index (χ0v) is 14.0. The molecule has 0 spiro atoms. The predicted octanol–water partition coefficient (Wildman–Crippen LogP) is 3.03. The molecular weight excluding hydrogens is 302 g/mol. The summed E-state index contributed by atoms with van der Waals surface area (Å²) in [7, 11) is 0. The molecule has 4 rings (SSSR count). The van der Waals surface area contributed by atoms with Crippen LogP contribution in [0.1, 0.15) is 32.3 Å². The van der Waals surface area contributed by atoms with Crippen LogP contribution >= 0.6 is 0 Å². The van der Waals surface area contributed by atoms with Crippen LogP contribution < -0.4 is 10.2 Å². The number of nitrogens with zero attached hydrogens (tertiary/aromatic N) is 2. The summed E-state index contributed by atoms with van der Waals surface area (Å²) < 4.78 is 5.36. The zero-order chi connectivity index (χ0) is 17.2. The smallest absolute Gasteiger partial charge is 0.277 e. The first-order valence-electron chi connectivity index (χ1n) is 8.15. The summed E-state index contributed by atoms with van der Waals surface area (Å²) >= 11 is 0. The number of rotatable bonds is 5. The van der Waals surface area contributed by atoms with Crippen molar-refractivity contribution < 1.29 is 9.53 Å². The third kappa shape index (κ3) is 3.18. The van der Waals surface area contributed by atoms with Gasteiger partial charge in [0.1, 0.15) is 5.75 Å². The van der Waals surface area contributed by atoms with Gasteiger partial charge in [-0.15, -0.1) is 0 Å². The molecule has 0 saturated heterocycles. The van der Waals surface area contributed by atoms with Crippen molar-refractivity contribution >= 4 is 12.1 Å². The van der Waals surface area contributed by atoms with Gasteiger partial charge in [0.15, 0.2) is 6.61 Å². The van der Waals surface area contributed by atoms with Gasteiger partial charge in [-0.05, 0) is 59.9 Å². The van der Waals surface area contributed by atoms with Gasteiger partial charge in [-0.2, -0.15) is 10.4 Å². The molecule has 3 aliphatic rings.